The van der Waals surface area contributed by atoms with Gasteiger partial charge < -0.3 is 9.64 Å². The van der Waals surface area contributed by atoms with Crippen molar-refractivity contribution < 1.29 is 9.53 Å². The van der Waals surface area contributed by atoms with Crippen LogP contribution in [0.5, 0.6) is 0 Å². The summed E-state index contributed by atoms with van der Waals surface area (Å²) in [5.41, 5.74) is -0.0634. The van der Waals surface area contributed by atoms with Gasteiger partial charge in [-0.2, -0.15) is 0 Å². The maximum Gasteiger partial charge on any atom is 0.262 e. The molecule has 24 heavy (non-hydrogen) atoms. The third kappa shape index (κ3) is 2.86. The summed E-state index contributed by atoms with van der Waals surface area (Å²) in [5.74, 6) is 0.118. The lowest BCUT2D eigenvalue weighted by atomic mass is 9.90. The highest BCUT2D eigenvalue weighted by Gasteiger charge is 2.36. The number of fused-ring (bicyclic) bond motifs is 2. The molecule has 1 aliphatic heterocycles. The molecule has 1 amide bonds. The standard InChI is InChI=1S/C17H21N3O3S/c21-15(20-8-9-23-14-4-2-1-3-13(14)20)5-7-19-11-18-16-12(17(19)22)6-10-24-16/h6,10-11,13-14H,1-5,7-9H2/t13-,14-/m1/s1. The van der Waals surface area contributed by atoms with Gasteiger partial charge in [-0.25, -0.2) is 4.98 Å². The summed E-state index contributed by atoms with van der Waals surface area (Å²) in [6.45, 7) is 1.66. The maximum atomic E-state index is 12.7. The summed E-state index contributed by atoms with van der Waals surface area (Å²) in [4.78, 5) is 32.1. The maximum absolute atomic E-state index is 12.7. The Hall–Kier alpha value is -1.73. The summed E-state index contributed by atoms with van der Waals surface area (Å²) >= 11 is 1.46. The van der Waals surface area contributed by atoms with Crippen LogP contribution in [0, 0.1) is 0 Å². The number of hydrogen-bond donors (Lipinski definition) is 0. The van der Waals surface area contributed by atoms with E-state index in [0.717, 1.165) is 24.1 Å². The van der Waals surface area contributed by atoms with Crippen molar-refractivity contribution in [1.82, 2.24) is 14.5 Å². The molecule has 1 saturated heterocycles. The van der Waals surface area contributed by atoms with Gasteiger partial charge in [0.1, 0.15) is 4.83 Å². The molecule has 7 heteroatoms. The van der Waals surface area contributed by atoms with Crippen LogP contribution in [-0.4, -0.2) is 45.7 Å². The van der Waals surface area contributed by atoms with Crippen molar-refractivity contribution in [2.45, 2.75) is 50.8 Å². The van der Waals surface area contributed by atoms with Crippen LogP contribution in [0.15, 0.2) is 22.6 Å². The first-order valence-electron chi connectivity index (χ1n) is 8.58. The van der Waals surface area contributed by atoms with E-state index in [-0.39, 0.29) is 23.6 Å². The molecule has 0 radical (unpaired) electrons. The zero-order valence-corrected chi connectivity index (χ0v) is 14.3. The number of thiophene rings is 1. The largest absolute Gasteiger partial charge is 0.374 e. The van der Waals surface area contributed by atoms with E-state index in [1.54, 1.807) is 17.0 Å². The average Bonchev–Trinajstić information content (AvgIpc) is 3.10. The molecular weight excluding hydrogens is 326 g/mol. The number of carbonyl (C=O) groups is 1. The number of aromatic nitrogens is 2. The number of aryl methyl sites for hydroxylation is 1. The van der Waals surface area contributed by atoms with Crippen LogP contribution in [0.1, 0.15) is 32.1 Å². The van der Waals surface area contributed by atoms with E-state index < -0.39 is 0 Å². The molecule has 0 aromatic carbocycles. The van der Waals surface area contributed by atoms with Gasteiger partial charge in [0.05, 0.1) is 30.5 Å². The Morgan fingerprint density at radius 3 is 3.17 bits per heavy atom. The van der Waals surface area contributed by atoms with Crippen molar-refractivity contribution in [3.8, 4) is 0 Å². The van der Waals surface area contributed by atoms with Crippen LogP contribution in [0.25, 0.3) is 10.2 Å². The lowest BCUT2D eigenvalue weighted by Gasteiger charge is -2.43. The monoisotopic (exact) mass is 347 g/mol. The van der Waals surface area contributed by atoms with E-state index in [2.05, 4.69) is 4.98 Å². The Morgan fingerprint density at radius 2 is 2.25 bits per heavy atom. The molecule has 3 heterocycles. The number of ether oxygens (including phenoxy) is 1. The second-order valence-electron chi connectivity index (χ2n) is 6.48. The van der Waals surface area contributed by atoms with Gasteiger partial charge in [-0.3, -0.25) is 14.2 Å². The van der Waals surface area contributed by atoms with Gasteiger partial charge in [0, 0.05) is 19.5 Å². The molecule has 2 aromatic heterocycles. The van der Waals surface area contributed by atoms with Crippen molar-refractivity contribution in [2.24, 2.45) is 0 Å². The highest BCUT2D eigenvalue weighted by Crippen LogP contribution is 2.28. The zero-order valence-electron chi connectivity index (χ0n) is 13.5. The highest BCUT2D eigenvalue weighted by molar-refractivity contribution is 7.16. The lowest BCUT2D eigenvalue weighted by Crippen LogP contribution is -2.55. The summed E-state index contributed by atoms with van der Waals surface area (Å²) in [6, 6.07) is 2.01. The fourth-order valence-corrected chi connectivity index (χ4v) is 4.54. The molecule has 0 N–H and O–H groups in total. The van der Waals surface area contributed by atoms with Crippen LogP contribution < -0.4 is 5.56 Å². The summed E-state index contributed by atoms with van der Waals surface area (Å²) in [7, 11) is 0. The number of nitrogens with zero attached hydrogens (tertiary/aromatic N) is 3. The third-order valence-electron chi connectivity index (χ3n) is 5.07. The Bertz CT molecular complexity index is 798. The first kappa shape index (κ1) is 15.8. The Labute approximate surface area is 144 Å². The third-order valence-corrected chi connectivity index (χ3v) is 5.89. The van der Waals surface area contributed by atoms with E-state index in [4.69, 9.17) is 4.74 Å². The van der Waals surface area contributed by atoms with Crippen LogP contribution in [-0.2, 0) is 16.1 Å². The predicted octanol–water partition coefficient (Wildman–Crippen LogP) is 2.02. The fraction of sp³-hybridized carbons (Fsp3) is 0.588. The minimum absolute atomic E-state index is 0.0634. The molecule has 6 nitrogen and oxygen atoms in total. The SMILES string of the molecule is O=C(CCn1cnc2sccc2c1=O)N1CCO[C@@H]2CCCC[C@H]21. The van der Waals surface area contributed by atoms with Crippen LogP contribution in [0.4, 0.5) is 0 Å². The van der Waals surface area contributed by atoms with Crippen molar-refractivity contribution in [2.75, 3.05) is 13.2 Å². The molecule has 2 fully saturated rings. The van der Waals surface area contributed by atoms with Gasteiger partial charge in [-0.15, -0.1) is 11.3 Å². The molecule has 128 valence electrons. The number of morpholine rings is 1. The molecular formula is C17H21N3O3S. The van der Waals surface area contributed by atoms with Crippen LogP contribution >= 0.6 is 11.3 Å². The van der Waals surface area contributed by atoms with E-state index in [9.17, 15) is 9.59 Å². The van der Waals surface area contributed by atoms with Gasteiger partial charge in [0.25, 0.3) is 5.56 Å². The highest BCUT2D eigenvalue weighted by atomic mass is 32.1. The first-order valence-corrected chi connectivity index (χ1v) is 9.46. The molecule has 0 unspecified atom stereocenters. The molecule has 2 aromatic rings. The van der Waals surface area contributed by atoms with E-state index >= 15 is 0 Å². The predicted molar refractivity (Wildman–Crippen MR) is 92.2 cm³/mol. The first-order chi connectivity index (χ1) is 11.7. The van der Waals surface area contributed by atoms with Crippen molar-refractivity contribution in [1.29, 1.82) is 0 Å². The van der Waals surface area contributed by atoms with Gasteiger partial charge in [-0.1, -0.05) is 12.8 Å². The fourth-order valence-electron chi connectivity index (χ4n) is 3.82. The lowest BCUT2D eigenvalue weighted by molar-refractivity contribution is -0.149. The molecule has 2 atom stereocenters. The van der Waals surface area contributed by atoms with E-state index in [1.807, 2.05) is 10.3 Å². The molecule has 0 spiro atoms. The van der Waals surface area contributed by atoms with Gasteiger partial charge in [0.15, 0.2) is 0 Å². The van der Waals surface area contributed by atoms with E-state index in [0.29, 0.717) is 31.5 Å². The Balaban J connectivity index is 1.45. The molecule has 1 aliphatic carbocycles. The molecule has 1 saturated carbocycles. The molecule has 0 bridgehead atoms. The van der Waals surface area contributed by atoms with Gasteiger partial charge in [0.2, 0.25) is 5.91 Å². The van der Waals surface area contributed by atoms with Crippen LogP contribution in [0.2, 0.25) is 0 Å². The Kier molecular flexibility index (Phi) is 4.37. The van der Waals surface area contributed by atoms with E-state index in [1.165, 1.54) is 17.8 Å². The topological polar surface area (TPSA) is 64.4 Å². The number of amides is 1. The van der Waals surface area contributed by atoms with Crippen molar-refractivity contribution in [3.05, 3.63) is 28.1 Å². The molecule has 4 rings (SSSR count). The van der Waals surface area contributed by atoms with Gasteiger partial charge in [-0.05, 0) is 24.3 Å². The molecule has 2 aliphatic rings. The second-order valence-corrected chi connectivity index (χ2v) is 7.38. The summed E-state index contributed by atoms with van der Waals surface area (Å²) in [6.07, 6.45) is 6.50. The quantitative estimate of drug-likeness (QED) is 0.852. The summed E-state index contributed by atoms with van der Waals surface area (Å²) < 4.78 is 7.37. The minimum atomic E-state index is -0.0634. The van der Waals surface area contributed by atoms with Crippen molar-refractivity contribution in [3.63, 3.8) is 0 Å². The van der Waals surface area contributed by atoms with Gasteiger partial charge >= 0.3 is 0 Å². The zero-order chi connectivity index (χ0) is 16.5. The normalized spacial score (nSPS) is 24.1. The van der Waals surface area contributed by atoms with Crippen LogP contribution in [0.3, 0.4) is 0 Å². The number of rotatable bonds is 3. The average molecular weight is 347 g/mol. The van der Waals surface area contributed by atoms with Crippen molar-refractivity contribution >= 4 is 27.5 Å². The smallest absolute Gasteiger partial charge is 0.262 e. The summed E-state index contributed by atoms with van der Waals surface area (Å²) in [5, 5.41) is 2.50. The minimum Gasteiger partial charge on any atom is -0.374 e. The Morgan fingerprint density at radius 1 is 1.38 bits per heavy atom. The number of carbonyl (C=O) groups excluding carboxylic acids is 1. The second kappa shape index (κ2) is 6.64. The number of hydrogen-bond acceptors (Lipinski definition) is 5.